The van der Waals surface area contributed by atoms with Gasteiger partial charge in [-0.2, -0.15) is 0 Å². The third-order valence-electron chi connectivity index (χ3n) is 1.68. The molecular formula is C9H9BrClFN2O. The maximum absolute atomic E-state index is 13.5. The molecule has 0 aliphatic carbocycles. The molecule has 0 atom stereocenters. The highest BCUT2D eigenvalue weighted by atomic mass is 79.9. The number of hydrogen-bond donors (Lipinski definition) is 1. The summed E-state index contributed by atoms with van der Waals surface area (Å²) in [6, 6.07) is 2.59. The molecule has 0 aromatic heterocycles. The molecular weight excluding hydrogens is 286 g/mol. The topological polar surface area (TPSA) is 32.3 Å². The van der Waals surface area contributed by atoms with Gasteiger partial charge in [-0.1, -0.05) is 11.6 Å². The number of benzene rings is 1. The van der Waals surface area contributed by atoms with Crippen molar-refractivity contribution in [1.82, 2.24) is 4.90 Å². The van der Waals surface area contributed by atoms with Crippen molar-refractivity contribution in [2.45, 2.75) is 0 Å². The minimum Gasteiger partial charge on any atom is -0.331 e. The summed E-state index contributed by atoms with van der Waals surface area (Å²) >= 11 is 8.74. The molecule has 3 nitrogen and oxygen atoms in total. The van der Waals surface area contributed by atoms with E-state index in [1.807, 2.05) is 0 Å². The molecule has 0 unspecified atom stereocenters. The predicted octanol–water partition coefficient (Wildman–Crippen LogP) is 3.34. The SMILES string of the molecule is CN(C)C(=O)Nc1ccc(Br)c(Cl)c1F. The number of anilines is 1. The Morgan fingerprint density at radius 2 is 2.13 bits per heavy atom. The Bertz CT molecular complexity index is 398. The molecule has 82 valence electrons. The number of carbonyl (C=O) groups excluding carboxylic acids is 1. The van der Waals surface area contributed by atoms with Crippen molar-refractivity contribution < 1.29 is 9.18 Å². The fraction of sp³-hybridized carbons (Fsp3) is 0.222. The average Bonchev–Trinajstić information content (AvgIpc) is 2.18. The van der Waals surface area contributed by atoms with Crippen LogP contribution in [0.5, 0.6) is 0 Å². The number of amides is 2. The number of rotatable bonds is 1. The van der Waals surface area contributed by atoms with Crippen LogP contribution in [0.25, 0.3) is 0 Å². The molecule has 6 heteroatoms. The molecule has 0 radical (unpaired) electrons. The van der Waals surface area contributed by atoms with E-state index in [0.29, 0.717) is 4.47 Å². The zero-order valence-electron chi connectivity index (χ0n) is 8.14. The second kappa shape index (κ2) is 4.81. The van der Waals surface area contributed by atoms with Crippen molar-refractivity contribution in [2.24, 2.45) is 0 Å². The molecule has 0 heterocycles. The average molecular weight is 296 g/mol. The molecule has 1 aromatic carbocycles. The molecule has 1 N–H and O–H groups in total. The van der Waals surface area contributed by atoms with E-state index >= 15 is 0 Å². The highest BCUT2D eigenvalue weighted by Gasteiger charge is 2.13. The van der Waals surface area contributed by atoms with Crippen LogP contribution < -0.4 is 5.32 Å². The molecule has 1 rings (SSSR count). The molecule has 0 aliphatic rings. The van der Waals surface area contributed by atoms with Crippen molar-refractivity contribution in [2.75, 3.05) is 19.4 Å². The molecule has 0 saturated carbocycles. The van der Waals surface area contributed by atoms with E-state index in [0.717, 1.165) is 0 Å². The predicted molar refractivity (Wildman–Crippen MR) is 61.8 cm³/mol. The van der Waals surface area contributed by atoms with E-state index in [9.17, 15) is 9.18 Å². The Morgan fingerprint density at radius 3 is 2.67 bits per heavy atom. The standard InChI is InChI=1S/C9H9BrClFN2O/c1-14(2)9(15)13-6-4-3-5(10)7(11)8(6)12/h3-4H,1-2H3,(H,13,15). The maximum Gasteiger partial charge on any atom is 0.321 e. The first kappa shape index (κ1) is 12.3. The quantitative estimate of drug-likeness (QED) is 0.792. The largest absolute Gasteiger partial charge is 0.331 e. The minimum atomic E-state index is -0.652. The first-order valence-electron chi connectivity index (χ1n) is 4.05. The second-order valence-electron chi connectivity index (χ2n) is 3.05. The van der Waals surface area contributed by atoms with E-state index in [2.05, 4.69) is 21.2 Å². The van der Waals surface area contributed by atoms with Crippen molar-refractivity contribution >= 4 is 39.2 Å². The van der Waals surface area contributed by atoms with Gasteiger partial charge >= 0.3 is 6.03 Å². The third kappa shape index (κ3) is 2.82. The van der Waals surface area contributed by atoms with Gasteiger partial charge in [0.05, 0.1) is 10.7 Å². The summed E-state index contributed by atoms with van der Waals surface area (Å²) < 4.78 is 13.9. The van der Waals surface area contributed by atoms with E-state index in [4.69, 9.17) is 11.6 Å². The summed E-state index contributed by atoms with van der Waals surface area (Å²) in [5.74, 6) is -0.652. The number of nitrogens with one attached hydrogen (secondary N) is 1. The van der Waals surface area contributed by atoms with E-state index in [1.54, 1.807) is 20.2 Å². The van der Waals surface area contributed by atoms with Gasteiger partial charge in [0.1, 0.15) is 0 Å². The molecule has 1 aromatic rings. The molecule has 15 heavy (non-hydrogen) atoms. The zero-order chi connectivity index (χ0) is 11.6. The van der Waals surface area contributed by atoms with Gasteiger partial charge in [-0.25, -0.2) is 9.18 Å². The van der Waals surface area contributed by atoms with Crippen LogP contribution in [0.3, 0.4) is 0 Å². The Balaban J connectivity index is 2.97. The second-order valence-corrected chi connectivity index (χ2v) is 4.28. The highest BCUT2D eigenvalue weighted by Crippen LogP contribution is 2.30. The highest BCUT2D eigenvalue weighted by molar-refractivity contribution is 9.10. The Labute approximate surface area is 100 Å². The Morgan fingerprint density at radius 1 is 1.53 bits per heavy atom. The van der Waals surface area contributed by atoms with Crippen molar-refractivity contribution in [3.05, 3.63) is 27.4 Å². The van der Waals surface area contributed by atoms with Gasteiger partial charge in [0.25, 0.3) is 0 Å². The molecule has 0 fully saturated rings. The first-order valence-corrected chi connectivity index (χ1v) is 5.22. The molecule has 2 amide bonds. The number of hydrogen-bond acceptors (Lipinski definition) is 1. The molecule has 0 spiro atoms. The summed E-state index contributed by atoms with van der Waals surface area (Å²) in [5, 5.41) is 2.33. The van der Waals surface area contributed by atoms with Crippen LogP contribution in [0.4, 0.5) is 14.9 Å². The van der Waals surface area contributed by atoms with Crippen LogP contribution in [-0.4, -0.2) is 25.0 Å². The maximum atomic E-state index is 13.5. The van der Waals surface area contributed by atoms with Crippen LogP contribution in [0.1, 0.15) is 0 Å². The van der Waals surface area contributed by atoms with Crippen LogP contribution in [0.15, 0.2) is 16.6 Å². The lowest BCUT2D eigenvalue weighted by Gasteiger charge is -2.13. The van der Waals surface area contributed by atoms with Gasteiger partial charge < -0.3 is 10.2 Å². The van der Waals surface area contributed by atoms with Crippen LogP contribution in [0, 0.1) is 5.82 Å². The summed E-state index contributed by atoms with van der Waals surface area (Å²) in [6.07, 6.45) is 0. The lowest BCUT2D eigenvalue weighted by Crippen LogP contribution is -2.27. The van der Waals surface area contributed by atoms with Crippen LogP contribution in [-0.2, 0) is 0 Å². The van der Waals surface area contributed by atoms with Crippen molar-refractivity contribution in [1.29, 1.82) is 0 Å². The fourth-order valence-electron chi connectivity index (χ4n) is 0.849. The Kier molecular flexibility index (Phi) is 3.93. The number of halogens is 3. The van der Waals surface area contributed by atoms with Crippen LogP contribution >= 0.6 is 27.5 Å². The van der Waals surface area contributed by atoms with E-state index < -0.39 is 11.8 Å². The fourth-order valence-corrected chi connectivity index (χ4v) is 1.32. The number of nitrogens with zero attached hydrogens (tertiary/aromatic N) is 1. The van der Waals surface area contributed by atoms with E-state index in [1.165, 1.54) is 11.0 Å². The summed E-state index contributed by atoms with van der Waals surface area (Å²) in [6.45, 7) is 0. The van der Waals surface area contributed by atoms with Crippen molar-refractivity contribution in [3.63, 3.8) is 0 Å². The van der Waals surface area contributed by atoms with E-state index in [-0.39, 0.29) is 10.7 Å². The van der Waals surface area contributed by atoms with Crippen molar-refractivity contribution in [3.8, 4) is 0 Å². The van der Waals surface area contributed by atoms with Gasteiger partial charge in [0.15, 0.2) is 5.82 Å². The van der Waals surface area contributed by atoms with Crippen LogP contribution in [0.2, 0.25) is 5.02 Å². The molecule has 0 aliphatic heterocycles. The first-order chi connectivity index (χ1) is 6.93. The summed E-state index contributed by atoms with van der Waals surface area (Å²) in [4.78, 5) is 12.6. The van der Waals surface area contributed by atoms with Gasteiger partial charge in [-0.05, 0) is 28.1 Å². The summed E-state index contributed by atoms with van der Waals surface area (Å²) in [5.41, 5.74) is 0.0573. The number of urea groups is 1. The monoisotopic (exact) mass is 294 g/mol. The smallest absolute Gasteiger partial charge is 0.321 e. The number of carbonyl (C=O) groups is 1. The molecule has 0 bridgehead atoms. The lowest BCUT2D eigenvalue weighted by atomic mass is 10.3. The molecule has 0 saturated heterocycles. The van der Waals surface area contributed by atoms with Gasteiger partial charge in [0.2, 0.25) is 0 Å². The van der Waals surface area contributed by atoms with Gasteiger partial charge in [-0.3, -0.25) is 0 Å². The Hall–Kier alpha value is -0.810. The van der Waals surface area contributed by atoms with Gasteiger partial charge in [-0.15, -0.1) is 0 Å². The normalized spacial score (nSPS) is 9.93. The van der Waals surface area contributed by atoms with Gasteiger partial charge in [0, 0.05) is 18.6 Å². The minimum absolute atomic E-state index is 0.0495. The summed E-state index contributed by atoms with van der Waals surface area (Å²) in [7, 11) is 3.13. The zero-order valence-corrected chi connectivity index (χ0v) is 10.5. The lowest BCUT2D eigenvalue weighted by molar-refractivity contribution is 0.230. The third-order valence-corrected chi connectivity index (χ3v) is 2.94.